The van der Waals surface area contributed by atoms with Crippen molar-refractivity contribution in [3.05, 3.63) is 88.0 Å². The molecule has 1 saturated heterocycles. The summed E-state index contributed by atoms with van der Waals surface area (Å²) in [5.41, 5.74) is 3.10. The van der Waals surface area contributed by atoms with E-state index in [9.17, 15) is 4.79 Å². The van der Waals surface area contributed by atoms with E-state index in [0.717, 1.165) is 41.3 Å². The number of carbonyl (C=O) groups is 1. The number of thiazole rings is 1. The molecule has 0 bridgehead atoms. The minimum atomic E-state index is -0.00202. The predicted molar refractivity (Wildman–Crippen MR) is 124 cm³/mol. The Morgan fingerprint density at radius 3 is 2.65 bits per heavy atom. The second-order valence-electron chi connectivity index (χ2n) is 7.63. The molecule has 1 atom stereocenters. The third-order valence-corrected chi connectivity index (χ3v) is 6.77. The van der Waals surface area contributed by atoms with Crippen LogP contribution in [0.1, 0.15) is 34.3 Å². The molecule has 0 N–H and O–H groups in total. The molecule has 0 saturated carbocycles. The van der Waals surface area contributed by atoms with Gasteiger partial charge in [-0.15, -0.1) is 11.3 Å². The van der Waals surface area contributed by atoms with E-state index in [4.69, 9.17) is 16.7 Å². The number of hydrogen-bond donors (Lipinski definition) is 0. The summed E-state index contributed by atoms with van der Waals surface area (Å²) < 4.78 is 1.75. The van der Waals surface area contributed by atoms with Crippen LogP contribution < -0.4 is 0 Å². The zero-order valence-corrected chi connectivity index (χ0v) is 18.4. The van der Waals surface area contributed by atoms with Crippen molar-refractivity contribution in [1.29, 1.82) is 0 Å². The van der Waals surface area contributed by atoms with Crippen molar-refractivity contribution in [2.45, 2.75) is 18.8 Å². The van der Waals surface area contributed by atoms with Crippen LogP contribution >= 0.6 is 22.9 Å². The largest absolute Gasteiger partial charge is 0.337 e. The van der Waals surface area contributed by atoms with Gasteiger partial charge in [0.25, 0.3) is 5.91 Å². The van der Waals surface area contributed by atoms with Gasteiger partial charge in [-0.2, -0.15) is 5.10 Å². The lowest BCUT2D eigenvalue weighted by Gasteiger charge is -2.31. The van der Waals surface area contributed by atoms with Gasteiger partial charge in [-0.05, 0) is 43.2 Å². The lowest BCUT2D eigenvalue weighted by atomic mass is 9.98. The Balaban J connectivity index is 1.51. The molecule has 0 radical (unpaired) electrons. The molecule has 0 spiro atoms. The first-order valence-electron chi connectivity index (χ1n) is 10.3. The fourth-order valence-corrected chi connectivity index (χ4v) is 4.92. The first kappa shape index (κ1) is 20.0. The summed E-state index contributed by atoms with van der Waals surface area (Å²) in [7, 11) is 0. The molecule has 1 aliphatic rings. The summed E-state index contributed by atoms with van der Waals surface area (Å²) in [6.45, 7) is 1.43. The van der Waals surface area contributed by atoms with Gasteiger partial charge in [-0.1, -0.05) is 41.9 Å². The highest BCUT2D eigenvalue weighted by molar-refractivity contribution is 7.09. The fraction of sp³-hybridized carbons (Fsp3) is 0.208. The number of piperidine rings is 1. The van der Waals surface area contributed by atoms with Gasteiger partial charge in [0.2, 0.25) is 0 Å². The van der Waals surface area contributed by atoms with E-state index < -0.39 is 0 Å². The SMILES string of the molecule is O=C(c1cc(-c2ccc(Cl)cc2)nn1-c1ccccc1)N1CCCC(c2nccs2)C1. The highest BCUT2D eigenvalue weighted by atomic mass is 35.5. The second-order valence-corrected chi connectivity index (χ2v) is 8.99. The molecular formula is C24H21ClN4OS. The van der Waals surface area contributed by atoms with Crippen LogP contribution in [-0.4, -0.2) is 38.7 Å². The molecule has 5 rings (SSSR count). The summed E-state index contributed by atoms with van der Waals surface area (Å²) in [4.78, 5) is 20.1. The van der Waals surface area contributed by atoms with Crippen LogP contribution in [0.2, 0.25) is 5.02 Å². The van der Waals surface area contributed by atoms with Gasteiger partial charge in [0.05, 0.1) is 16.4 Å². The number of nitrogens with zero attached hydrogens (tertiary/aromatic N) is 4. The lowest BCUT2D eigenvalue weighted by molar-refractivity contribution is 0.0697. The van der Waals surface area contributed by atoms with Crippen molar-refractivity contribution < 1.29 is 4.79 Å². The summed E-state index contributed by atoms with van der Waals surface area (Å²) in [5.74, 6) is 0.291. The number of halogens is 1. The normalized spacial score (nSPS) is 16.4. The van der Waals surface area contributed by atoms with Gasteiger partial charge in [-0.25, -0.2) is 9.67 Å². The lowest BCUT2D eigenvalue weighted by Crippen LogP contribution is -2.39. The van der Waals surface area contributed by atoms with Gasteiger partial charge >= 0.3 is 0 Å². The van der Waals surface area contributed by atoms with E-state index in [2.05, 4.69) is 4.98 Å². The summed E-state index contributed by atoms with van der Waals surface area (Å²) >= 11 is 7.71. The van der Waals surface area contributed by atoms with Crippen molar-refractivity contribution in [3.63, 3.8) is 0 Å². The van der Waals surface area contributed by atoms with Gasteiger partial charge in [0.15, 0.2) is 0 Å². The Labute approximate surface area is 189 Å². The van der Waals surface area contributed by atoms with Gasteiger partial charge in [-0.3, -0.25) is 4.79 Å². The standard InChI is InChI=1S/C24H21ClN4OS/c25-19-10-8-17(9-11-19)21-15-22(29(27-21)20-6-2-1-3-7-20)24(30)28-13-4-5-18(16-28)23-26-12-14-31-23/h1-3,6-12,14-15,18H,4-5,13,16H2. The van der Waals surface area contributed by atoms with E-state index in [1.54, 1.807) is 16.0 Å². The van der Waals surface area contributed by atoms with Crippen LogP contribution in [0.5, 0.6) is 0 Å². The molecule has 3 heterocycles. The van der Waals surface area contributed by atoms with Crippen LogP contribution in [0.25, 0.3) is 16.9 Å². The maximum Gasteiger partial charge on any atom is 0.272 e. The smallest absolute Gasteiger partial charge is 0.272 e. The third kappa shape index (κ3) is 4.13. The summed E-state index contributed by atoms with van der Waals surface area (Å²) in [6, 6.07) is 19.2. The van der Waals surface area contributed by atoms with Crippen LogP contribution in [0.15, 0.2) is 72.2 Å². The minimum Gasteiger partial charge on any atom is -0.337 e. The molecule has 4 aromatic rings. The maximum absolute atomic E-state index is 13.6. The molecule has 1 amide bonds. The summed E-state index contributed by atoms with van der Waals surface area (Å²) in [6.07, 6.45) is 3.87. The Hall–Kier alpha value is -2.96. The van der Waals surface area contributed by atoms with E-state index >= 15 is 0 Å². The molecule has 2 aromatic heterocycles. The van der Waals surface area contributed by atoms with E-state index in [0.29, 0.717) is 23.2 Å². The number of likely N-dealkylation sites (tertiary alicyclic amines) is 1. The quantitative estimate of drug-likeness (QED) is 0.404. The molecule has 5 nitrogen and oxygen atoms in total. The Kier molecular flexibility index (Phi) is 5.57. The number of hydrogen-bond acceptors (Lipinski definition) is 4. The molecule has 31 heavy (non-hydrogen) atoms. The van der Waals surface area contributed by atoms with Crippen LogP contribution in [0, 0.1) is 0 Å². The van der Waals surface area contributed by atoms with Gasteiger partial charge in [0, 0.05) is 41.2 Å². The topological polar surface area (TPSA) is 51.0 Å². The Bertz CT molecular complexity index is 1170. The number of benzene rings is 2. The molecular weight excluding hydrogens is 428 g/mol. The third-order valence-electron chi connectivity index (χ3n) is 5.58. The highest BCUT2D eigenvalue weighted by Gasteiger charge is 2.29. The number of amides is 1. The molecule has 2 aromatic carbocycles. The number of rotatable bonds is 4. The molecule has 156 valence electrons. The van der Waals surface area contributed by atoms with Crippen molar-refractivity contribution in [2.24, 2.45) is 0 Å². The number of para-hydroxylation sites is 1. The maximum atomic E-state index is 13.6. The van der Waals surface area contributed by atoms with E-state index in [-0.39, 0.29) is 5.91 Å². The van der Waals surface area contributed by atoms with Crippen LogP contribution in [0.4, 0.5) is 0 Å². The monoisotopic (exact) mass is 448 g/mol. The first-order chi connectivity index (χ1) is 15.2. The average molecular weight is 449 g/mol. The van der Waals surface area contributed by atoms with E-state index in [1.807, 2.05) is 77.1 Å². The van der Waals surface area contributed by atoms with Crippen LogP contribution in [0.3, 0.4) is 0 Å². The molecule has 1 fully saturated rings. The molecule has 1 aliphatic heterocycles. The van der Waals surface area contributed by atoms with Gasteiger partial charge < -0.3 is 4.90 Å². The first-order valence-corrected chi connectivity index (χ1v) is 11.5. The Morgan fingerprint density at radius 1 is 1.10 bits per heavy atom. The Morgan fingerprint density at radius 2 is 1.90 bits per heavy atom. The zero-order valence-electron chi connectivity index (χ0n) is 16.8. The predicted octanol–water partition coefficient (Wildman–Crippen LogP) is 5.67. The van der Waals surface area contributed by atoms with Crippen molar-refractivity contribution in [1.82, 2.24) is 19.7 Å². The van der Waals surface area contributed by atoms with Gasteiger partial charge in [0.1, 0.15) is 5.69 Å². The molecule has 7 heteroatoms. The van der Waals surface area contributed by atoms with Crippen molar-refractivity contribution >= 4 is 28.8 Å². The van der Waals surface area contributed by atoms with E-state index in [1.165, 1.54) is 0 Å². The highest BCUT2D eigenvalue weighted by Crippen LogP contribution is 2.30. The average Bonchev–Trinajstić information content (AvgIpc) is 3.51. The summed E-state index contributed by atoms with van der Waals surface area (Å²) in [5, 5.41) is 8.56. The number of aromatic nitrogens is 3. The molecule has 1 unspecified atom stereocenters. The zero-order chi connectivity index (χ0) is 21.2. The van der Waals surface area contributed by atoms with Crippen molar-refractivity contribution in [3.8, 4) is 16.9 Å². The fourth-order valence-electron chi connectivity index (χ4n) is 4.02. The number of carbonyl (C=O) groups excluding carboxylic acids is 1. The minimum absolute atomic E-state index is 0.00202. The van der Waals surface area contributed by atoms with Crippen LogP contribution in [-0.2, 0) is 0 Å². The second kappa shape index (κ2) is 8.65. The van der Waals surface area contributed by atoms with Crippen molar-refractivity contribution in [2.75, 3.05) is 13.1 Å². The molecule has 0 aliphatic carbocycles.